The van der Waals surface area contributed by atoms with E-state index in [1.54, 1.807) is 17.4 Å². The molecule has 42 heavy (non-hydrogen) atoms. The number of thiophene rings is 1. The number of hydrogen-bond donors (Lipinski definition) is 0. The molecule has 8 heteroatoms. The highest BCUT2D eigenvalue weighted by Gasteiger charge is 2.34. The van der Waals surface area contributed by atoms with Crippen molar-refractivity contribution >= 4 is 54.3 Å². The number of hydrogen-bond acceptors (Lipinski definition) is 7. The van der Waals surface area contributed by atoms with Crippen LogP contribution in [0.2, 0.25) is 0 Å². The van der Waals surface area contributed by atoms with Crippen LogP contribution < -0.4 is 10.3 Å². The highest BCUT2D eigenvalue weighted by Crippen LogP contribution is 2.44. The molecule has 1 saturated carbocycles. The standard InChI is InChI=1S/C34H33N3O4S/c38-28-20-30(36-16-18-40-19-17-36)41-32-24(5-3-6-26(28)32)25-11-10-23(31-27-4-1-2-7-29(27)42-33(25)31)21-35-12-14-37(15-13-35)34(39)22-8-9-22/h1-7,10-11,20,22H,8-9,12-19,21H2. The van der Waals surface area contributed by atoms with Gasteiger partial charge in [-0.2, -0.15) is 0 Å². The molecule has 0 N–H and O–H groups in total. The number of amides is 1. The van der Waals surface area contributed by atoms with E-state index in [0.29, 0.717) is 49.1 Å². The zero-order valence-electron chi connectivity index (χ0n) is 23.5. The van der Waals surface area contributed by atoms with Crippen LogP contribution in [0.3, 0.4) is 0 Å². The lowest BCUT2D eigenvalue weighted by Crippen LogP contribution is -2.48. The molecule has 2 aliphatic heterocycles. The lowest BCUT2D eigenvalue weighted by molar-refractivity contribution is -0.134. The van der Waals surface area contributed by atoms with Crippen LogP contribution in [0.5, 0.6) is 0 Å². The monoisotopic (exact) mass is 579 g/mol. The van der Waals surface area contributed by atoms with Crippen molar-refractivity contribution in [3.63, 3.8) is 0 Å². The molecule has 0 atom stereocenters. The first-order valence-corrected chi connectivity index (χ1v) is 15.8. The molecule has 3 aliphatic rings. The maximum atomic E-state index is 13.3. The lowest BCUT2D eigenvalue weighted by Gasteiger charge is -2.35. The van der Waals surface area contributed by atoms with Crippen LogP contribution in [0.25, 0.3) is 42.3 Å². The summed E-state index contributed by atoms with van der Waals surface area (Å²) in [6, 6.07) is 20.6. The summed E-state index contributed by atoms with van der Waals surface area (Å²) in [5, 5.41) is 3.13. The summed E-state index contributed by atoms with van der Waals surface area (Å²) in [5.41, 5.74) is 3.93. The highest BCUT2D eigenvalue weighted by atomic mass is 32.1. The third-order valence-corrected chi connectivity index (χ3v) is 10.2. The van der Waals surface area contributed by atoms with Gasteiger partial charge in [-0.15, -0.1) is 11.3 Å². The molecule has 1 amide bonds. The van der Waals surface area contributed by atoms with Crippen LogP contribution in [0.15, 0.2) is 69.9 Å². The average molecular weight is 580 g/mol. The number of ether oxygens (including phenoxy) is 1. The number of morpholine rings is 1. The Labute approximate surface area is 247 Å². The predicted octanol–water partition coefficient (Wildman–Crippen LogP) is 5.72. The van der Waals surface area contributed by atoms with Gasteiger partial charge in [-0.1, -0.05) is 42.5 Å². The molecule has 0 bridgehead atoms. The summed E-state index contributed by atoms with van der Waals surface area (Å²) in [6.07, 6.45) is 2.12. The number of para-hydroxylation sites is 1. The molecule has 0 unspecified atom stereocenters. The summed E-state index contributed by atoms with van der Waals surface area (Å²) >= 11 is 1.80. The molecule has 1 aliphatic carbocycles. The zero-order valence-corrected chi connectivity index (χ0v) is 24.3. The minimum Gasteiger partial charge on any atom is -0.440 e. The first-order chi connectivity index (χ1) is 20.6. The molecule has 5 aromatic rings. The second-order valence-corrected chi connectivity index (χ2v) is 12.7. The van der Waals surface area contributed by atoms with Gasteiger partial charge in [0.25, 0.3) is 0 Å². The van der Waals surface area contributed by atoms with Crippen molar-refractivity contribution in [2.75, 3.05) is 57.4 Å². The smallest absolute Gasteiger partial charge is 0.225 e. The molecule has 2 aromatic heterocycles. The van der Waals surface area contributed by atoms with Crippen molar-refractivity contribution in [2.45, 2.75) is 19.4 Å². The Morgan fingerprint density at radius 2 is 1.64 bits per heavy atom. The summed E-state index contributed by atoms with van der Waals surface area (Å²) in [6.45, 7) is 6.89. The number of carbonyl (C=O) groups is 1. The Kier molecular flexibility index (Phi) is 6.50. The van der Waals surface area contributed by atoms with Gasteiger partial charge in [-0.05, 0) is 30.5 Å². The Hall–Kier alpha value is -3.72. The number of carbonyl (C=O) groups excluding carboxylic acids is 1. The van der Waals surface area contributed by atoms with E-state index >= 15 is 0 Å². The van der Waals surface area contributed by atoms with E-state index in [0.717, 1.165) is 56.7 Å². The van der Waals surface area contributed by atoms with Crippen molar-refractivity contribution in [1.29, 1.82) is 0 Å². The second kappa shape index (κ2) is 10.5. The van der Waals surface area contributed by atoms with Crippen LogP contribution in [-0.2, 0) is 16.1 Å². The van der Waals surface area contributed by atoms with Crippen LogP contribution >= 0.6 is 11.3 Å². The molecule has 4 heterocycles. The molecule has 3 fully saturated rings. The maximum Gasteiger partial charge on any atom is 0.225 e. The SMILES string of the molecule is O=C(C1CC1)N1CCN(Cc2ccc(-c3cccc4c(=O)cc(N5CCOCC5)oc34)c3sc4ccccc4c23)CC1. The average Bonchev–Trinajstić information content (AvgIpc) is 3.81. The van der Waals surface area contributed by atoms with Crippen LogP contribution in [0.1, 0.15) is 18.4 Å². The van der Waals surface area contributed by atoms with E-state index in [-0.39, 0.29) is 11.3 Å². The van der Waals surface area contributed by atoms with Crippen LogP contribution in [0.4, 0.5) is 5.88 Å². The van der Waals surface area contributed by atoms with Crippen molar-refractivity contribution in [3.05, 3.63) is 76.5 Å². The van der Waals surface area contributed by atoms with Gasteiger partial charge in [0.1, 0.15) is 5.58 Å². The highest BCUT2D eigenvalue weighted by molar-refractivity contribution is 7.26. The second-order valence-electron chi connectivity index (χ2n) is 11.7. The van der Waals surface area contributed by atoms with Gasteiger partial charge >= 0.3 is 0 Å². The summed E-state index contributed by atoms with van der Waals surface area (Å²) in [4.78, 5) is 32.5. The topological polar surface area (TPSA) is 66.2 Å². The third kappa shape index (κ3) is 4.58. The fourth-order valence-electron chi connectivity index (χ4n) is 6.51. The fraction of sp³-hybridized carbons (Fsp3) is 0.353. The van der Waals surface area contributed by atoms with Crippen molar-refractivity contribution in [3.8, 4) is 11.1 Å². The fourth-order valence-corrected chi connectivity index (χ4v) is 7.79. The number of nitrogens with zero attached hydrogens (tertiary/aromatic N) is 3. The number of fused-ring (bicyclic) bond motifs is 4. The Morgan fingerprint density at radius 1 is 0.857 bits per heavy atom. The van der Waals surface area contributed by atoms with Crippen LogP contribution in [-0.4, -0.2) is 68.2 Å². The maximum absolute atomic E-state index is 13.3. The number of benzene rings is 3. The Morgan fingerprint density at radius 3 is 2.45 bits per heavy atom. The van der Waals surface area contributed by atoms with Gasteiger partial charge in [0.2, 0.25) is 5.91 Å². The van der Waals surface area contributed by atoms with Gasteiger partial charge in [0, 0.05) is 89.1 Å². The van der Waals surface area contributed by atoms with Gasteiger partial charge in [0.15, 0.2) is 11.3 Å². The zero-order chi connectivity index (χ0) is 28.2. The predicted molar refractivity (Wildman–Crippen MR) is 168 cm³/mol. The summed E-state index contributed by atoms with van der Waals surface area (Å²) in [7, 11) is 0. The molecule has 0 spiro atoms. The van der Waals surface area contributed by atoms with Gasteiger partial charge in [0.05, 0.1) is 18.6 Å². The third-order valence-electron chi connectivity index (χ3n) is 8.97. The van der Waals surface area contributed by atoms with Gasteiger partial charge in [-0.3, -0.25) is 14.5 Å². The number of rotatable bonds is 5. The minimum atomic E-state index is -0.0249. The minimum absolute atomic E-state index is 0.0249. The van der Waals surface area contributed by atoms with E-state index in [2.05, 4.69) is 57.2 Å². The van der Waals surface area contributed by atoms with Gasteiger partial charge < -0.3 is 19.0 Å². The Balaban J connectivity index is 1.20. The number of anilines is 1. The summed E-state index contributed by atoms with van der Waals surface area (Å²) in [5.74, 6) is 1.24. The van der Waals surface area contributed by atoms with E-state index in [9.17, 15) is 9.59 Å². The summed E-state index contributed by atoms with van der Waals surface area (Å²) < 4.78 is 14.5. The largest absolute Gasteiger partial charge is 0.440 e. The first kappa shape index (κ1) is 25.9. The first-order valence-electron chi connectivity index (χ1n) is 15.0. The van der Waals surface area contributed by atoms with Crippen LogP contribution in [0, 0.1) is 5.92 Å². The van der Waals surface area contributed by atoms with Gasteiger partial charge in [-0.25, -0.2) is 0 Å². The molecular formula is C34H33N3O4S. The van der Waals surface area contributed by atoms with E-state index in [4.69, 9.17) is 9.15 Å². The van der Waals surface area contributed by atoms with E-state index in [1.165, 1.54) is 25.7 Å². The molecule has 3 aromatic carbocycles. The van der Waals surface area contributed by atoms with Crippen molar-refractivity contribution in [1.82, 2.24) is 9.80 Å². The molecule has 2 saturated heterocycles. The lowest BCUT2D eigenvalue weighted by atomic mass is 9.97. The molecule has 7 nitrogen and oxygen atoms in total. The number of piperazine rings is 1. The van der Waals surface area contributed by atoms with Crippen molar-refractivity contribution in [2.24, 2.45) is 5.92 Å². The molecule has 0 radical (unpaired) electrons. The normalized spacial score (nSPS) is 18.4. The molecule has 8 rings (SSSR count). The molecule has 214 valence electrons. The quantitative estimate of drug-likeness (QED) is 0.266. The Bertz CT molecular complexity index is 1880. The van der Waals surface area contributed by atoms with Crippen molar-refractivity contribution < 1.29 is 13.9 Å². The molecular weight excluding hydrogens is 546 g/mol. The van der Waals surface area contributed by atoms with E-state index in [1.807, 2.05) is 12.1 Å². The van der Waals surface area contributed by atoms with E-state index < -0.39 is 0 Å².